The van der Waals surface area contributed by atoms with Crippen LogP contribution in [0.25, 0.3) is 0 Å². The Hall–Kier alpha value is -1.59. The van der Waals surface area contributed by atoms with Gasteiger partial charge in [-0.05, 0) is 26.2 Å². The highest BCUT2D eigenvalue weighted by atomic mass is 16.4. The molecule has 1 unspecified atom stereocenters. The zero-order valence-electron chi connectivity index (χ0n) is 12.8. The van der Waals surface area contributed by atoms with Crippen molar-refractivity contribution in [2.45, 2.75) is 58.9 Å². The fourth-order valence-corrected chi connectivity index (χ4v) is 1.78. The maximum Gasteiger partial charge on any atom is 0.305 e. The molecule has 0 saturated heterocycles. The van der Waals surface area contributed by atoms with Crippen LogP contribution in [0.4, 0.5) is 0 Å². The third-order valence-corrected chi connectivity index (χ3v) is 3.40. The number of rotatable bonds is 9. The van der Waals surface area contributed by atoms with Crippen molar-refractivity contribution in [1.29, 1.82) is 0 Å². The highest BCUT2D eigenvalue weighted by Gasteiger charge is 2.32. The number of hydrogen-bond acceptors (Lipinski definition) is 3. The molecule has 0 bridgehead atoms. The van der Waals surface area contributed by atoms with Gasteiger partial charge in [-0.25, -0.2) is 0 Å². The van der Waals surface area contributed by atoms with E-state index in [4.69, 9.17) is 5.11 Å². The van der Waals surface area contributed by atoms with Gasteiger partial charge in [0, 0.05) is 24.9 Å². The molecule has 0 aliphatic heterocycles. The minimum absolute atomic E-state index is 0.00550. The van der Waals surface area contributed by atoms with Crippen molar-refractivity contribution in [1.82, 2.24) is 10.6 Å². The second-order valence-electron chi connectivity index (χ2n) is 5.50. The van der Waals surface area contributed by atoms with Crippen LogP contribution in [0.2, 0.25) is 0 Å². The van der Waals surface area contributed by atoms with Crippen LogP contribution in [-0.2, 0) is 14.4 Å². The largest absolute Gasteiger partial charge is 0.481 e. The average molecular weight is 286 g/mol. The monoisotopic (exact) mass is 286 g/mol. The Morgan fingerprint density at radius 1 is 1.15 bits per heavy atom. The second-order valence-corrected chi connectivity index (χ2v) is 5.50. The first kappa shape index (κ1) is 18.4. The quantitative estimate of drug-likeness (QED) is 0.595. The molecule has 2 amide bonds. The maximum absolute atomic E-state index is 11.8. The van der Waals surface area contributed by atoms with Gasteiger partial charge < -0.3 is 15.7 Å². The summed E-state index contributed by atoms with van der Waals surface area (Å²) in [4.78, 5) is 34.0. The third-order valence-electron chi connectivity index (χ3n) is 3.40. The van der Waals surface area contributed by atoms with Crippen molar-refractivity contribution < 1.29 is 19.5 Å². The molecule has 20 heavy (non-hydrogen) atoms. The van der Waals surface area contributed by atoms with E-state index in [9.17, 15) is 14.4 Å². The molecule has 0 aromatic heterocycles. The van der Waals surface area contributed by atoms with Crippen molar-refractivity contribution in [3.63, 3.8) is 0 Å². The van der Waals surface area contributed by atoms with Gasteiger partial charge in [-0.2, -0.15) is 0 Å². The minimum Gasteiger partial charge on any atom is -0.481 e. The van der Waals surface area contributed by atoms with E-state index in [1.165, 1.54) is 0 Å². The Balaban J connectivity index is 4.27. The van der Waals surface area contributed by atoms with Gasteiger partial charge in [-0.3, -0.25) is 14.4 Å². The van der Waals surface area contributed by atoms with Gasteiger partial charge in [-0.1, -0.05) is 13.8 Å². The summed E-state index contributed by atoms with van der Waals surface area (Å²) < 4.78 is 0. The van der Waals surface area contributed by atoms with Crippen LogP contribution >= 0.6 is 0 Å². The van der Waals surface area contributed by atoms with Crippen LogP contribution in [0.3, 0.4) is 0 Å². The summed E-state index contributed by atoms with van der Waals surface area (Å²) in [6, 6.07) is 0. The molecule has 0 aliphatic carbocycles. The summed E-state index contributed by atoms with van der Waals surface area (Å²) in [5, 5.41) is 14.4. The molecule has 0 rings (SSSR count). The smallest absolute Gasteiger partial charge is 0.305 e. The summed E-state index contributed by atoms with van der Waals surface area (Å²) in [5.41, 5.74) is -0.769. The number of carbonyl (C=O) groups excluding carboxylic acids is 2. The molecule has 0 spiro atoms. The fraction of sp³-hybridized carbons (Fsp3) is 0.786. The predicted molar refractivity (Wildman–Crippen MR) is 76.2 cm³/mol. The lowest BCUT2D eigenvalue weighted by Crippen LogP contribution is -2.51. The first-order valence-electron chi connectivity index (χ1n) is 7.00. The molecule has 6 nitrogen and oxygen atoms in total. The van der Waals surface area contributed by atoms with Gasteiger partial charge in [0.15, 0.2) is 0 Å². The Kier molecular flexibility index (Phi) is 7.87. The van der Waals surface area contributed by atoms with Gasteiger partial charge in [0.2, 0.25) is 11.8 Å². The van der Waals surface area contributed by atoms with Crippen LogP contribution in [0.5, 0.6) is 0 Å². The molecule has 0 aromatic carbocycles. The summed E-state index contributed by atoms with van der Waals surface area (Å²) in [6.45, 7) is 7.89. The second kappa shape index (κ2) is 8.55. The van der Waals surface area contributed by atoms with Crippen molar-refractivity contribution in [3.8, 4) is 0 Å². The molecule has 1 atom stereocenters. The molecule has 116 valence electrons. The van der Waals surface area contributed by atoms with E-state index in [0.29, 0.717) is 19.4 Å². The topological polar surface area (TPSA) is 95.5 Å². The Bertz CT molecular complexity index is 355. The molecule has 0 fully saturated rings. The number of carboxylic acid groups (broad SMARTS) is 1. The SMILES string of the molecule is CCNC(=O)CCCC(=O)NC(C)(CC(=O)O)C(C)C. The zero-order valence-corrected chi connectivity index (χ0v) is 12.8. The molecule has 0 heterocycles. The van der Waals surface area contributed by atoms with Crippen LogP contribution in [0.1, 0.15) is 53.4 Å². The van der Waals surface area contributed by atoms with Crippen molar-refractivity contribution in [3.05, 3.63) is 0 Å². The van der Waals surface area contributed by atoms with E-state index < -0.39 is 11.5 Å². The van der Waals surface area contributed by atoms with Gasteiger partial charge in [0.05, 0.1) is 6.42 Å². The summed E-state index contributed by atoms with van der Waals surface area (Å²) in [5.74, 6) is -1.22. The summed E-state index contributed by atoms with van der Waals surface area (Å²) in [7, 11) is 0. The lowest BCUT2D eigenvalue weighted by atomic mass is 9.85. The van der Waals surface area contributed by atoms with E-state index in [-0.39, 0.29) is 30.6 Å². The number of nitrogens with one attached hydrogen (secondary N) is 2. The Morgan fingerprint density at radius 2 is 1.70 bits per heavy atom. The number of hydrogen-bond donors (Lipinski definition) is 3. The van der Waals surface area contributed by atoms with E-state index in [1.807, 2.05) is 20.8 Å². The van der Waals surface area contributed by atoms with Gasteiger partial charge in [0.1, 0.15) is 0 Å². The van der Waals surface area contributed by atoms with Crippen LogP contribution in [0.15, 0.2) is 0 Å². The van der Waals surface area contributed by atoms with Crippen LogP contribution in [-0.4, -0.2) is 35.0 Å². The summed E-state index contributed by atoms with van der Waals surface area (Å²) >= 11 is 0. The van der Waals surface area contributed by atoms with Gasteiger partial charge in [0.25, 0.3) is 0 Å². The zero-order chi connectivity index (χ0) is 15.8. The lowest BCUT2D eigenvalue weighted by Gasteiger charge is -2.33. The highest BCUT2D eigenvalue weighted by Crippen LogP contribution is 2.21. The maximum atomic E-state index is 11.8. The van der Waals surface area contributed by atoms with Crippen molar-refractivity contribution >= 4 is 17.8 Å². The highest BCUT2D eigenvalue weighted by molar-refractivity contribution is 5.80. The molecule has 6 heteroatoms. The van der Waals surface area contributed by atoms with Gasteiger partial charge in [-0.15, -0.1) is 0 Å². The minimum atomic E-state index is -0.941. The number of carbonyl (C=O) groups is 3. The van der Waals surface area contributed by atoms with Gasteiger partial charge >= 0.3 is 5.97 Å². The van der Waals surface area contributed by atoms with Crippen molar-refractivity contribution in [2.24, 2.45) is 5.92 Å². The first-order valence-corrected chi connectivity index (χ1v) is 7.00. The van der Waals surface area contributed by atoms with Crippen LogP contribution in [0, 0.1) is 5.92 Å². The summed E-state index contributed by atoms with van der Waals surface area (Å²) in [6.07, 6.45) is 0.864. The predicted octanol–water partition coefficient (Wildman–Crippen LogP) is 1.30. The Morgan fingerprint density at radius 3 is 2.15 bits per heavy atom. The molecule has 0 aliphatic rings. The molecule has 3 N–H and O–H groups in total. The third kappa shape index (κ3) is 7.11. The number of amides is 2. The fourth-order valence-electron chi connectivity index (χ4n) is 1.78. The molecular weight excluding hydrogens is 260 g/mol. The number of aliphatic carboxylic acids is 1. The normalized spacial score (nSPS) is 13.7. The first-order chi connectivity index (χ1) is 9.21. The van der Waals surface area contributed by atoms with E-state index in [0.717, 1.165) is 0 Å². The van der Waals surface area contributed by atoms with E-state index >= 15 is 0 Å². The average Bonchev–Trinajstić information content (AvgIpc) is 2.27. The van der Waals surface area contributed by atoms with E-state index in [2.05, 4.69) is 10.6 Å². The van der Waals surface area contributed by atoms with Crippen molar-refractivity contribution in [2.75, 3.05) is 6.54 Å². The molecule has 0 saturated carbocycles. The lowest BCUT2D eigenvalue weighted by molar-refractivity contribution is -0.139. The molecule has 0 radical (unpaired) electrons. The standard InChI is InChI=1S/C14H26N2O4/c1-5-15-11(17)7-6-8-12(18)16-14(4,10(2)3)9-13(19)20/h10H,5-9H2,1-4H3,(H,15,17)(H,16,18)(H,19,20). The van der Waals surface area contributed by atoms with Crippen LogP contribution < -0.4 is 10.6 Å². The van der Waals surface area contributed by atoms with E-state index in [1.54, 1.807) is 6.92 Å². The molecular formula is C14H26N2O4. The molecule has 0 aromatic rings. The Labute approximate surface area is 120 Å². The number of carboxylic acids is 1.